The molecule has 0 radical (unpaired) electrons. The van der Waals surface area contributed by atoms with Crippen LogP contribution in [0.3, 0.4) is 0 Å². The molecule has 0 fully saturated rings. The first-order valence-corrected chi connectivity index (χ1v) is 7.96. The molecule has 1 amide bonds. The lowest BCUT2D eigenvalue weighted by Gasteiger charge is -2.08. The smallest absolute Gasteiger partial charge is 0.250 e. The second kappa shape index (κ2) is 8.45. The quantitative estimate of drug-likeness (QED) is 0.612. The van der Waals surface area contributed by atoms with Gasteiger partial charge in [-0.3, -0.25) is 10.1 Å². The highest BCUT2D eigenvalue weighted by Crippen LogP contribution is 2.14. The fourth-order valence-electron chi connectivity index (χ4n) is 1.74. The molecular weight excluding hydrogens is 376 g/mol. The zero-order chi connectivity index (χ0) is 16.7. The first-order valence-electron chi connectivity index (χ1n) is 6.76. The van der Waals surface area contributed by atoms with E-state index in [-0.39, 0.29) is 11.0 Å². The first kappa shape index (κ1) is 17.2. The third kappa shape index (κ3) is 5.84. The molecule has 0 aromatic heterocycles. The van der Waals surface area contributed by atoms with Crippen molar-refractivity contribution >= 4 is 50.9 Å². The van der Waals surface area contributed by atoms with Crippen molar-refractivity contribution in [1.29, 1.82) is 0 Å². The van der Waals surface area contributed by atoms with Crippen molar-refractivity contribution in [2.45, 2.75) is 0 Å². The standard InChI is InChI=1S/C17H15BrN2O2S/c1-22-15-9-2-12(3-10-15)4-11-16(21)20-17(23)19-14-7-5-13(18)6-8-14/h2-11H,1H3,(H2,19,20,21,23)/b11-4+. The number of nitrogens with one attached hydrogen (secondary N) is 2. The van der Waals surface area contributed by atoms with Crippen LogP contribution in [0.25, 0.3) is 6.08 Å². The zero-order valence-corrected chi connectivity index (χ0v) is 14.8. The van der Waals surface area contributed by atoms with Crippen molar-refractivity contribution in [3.8, 4) is 5.75 Å². The van der Waals surface area contributed by atoms with Crippen LogP contribution in [-0.2, 0) is 4.79 Å². The van der Waals surface area contributed by atoms with Gasteiger partial charge in [-0.1, -0.05) is 28.1 Å². The van der Waals surface area contributed by atoms with Crippen LogP contribution in [0.4, 0.5) is 5.69 Å². The molecule has 2 aromatic rings. The molecular formula is C17H15BrN2O2S. The van der Waals surface area contributed by atoms with Crippen molar-refractivity contribution in [1.82, 2.24) is 5.32 Å². The summed E-state index contributed by atoms with van der Waals surface area (Å²) in [5, 5.41) is 5.78. The van der Waals surface area contributed by atoms with Crippen LogP contribution in [0.1, 0.15) is 5.56 Å². The number of thiocarbonyl (C=S) groups is 1. The Kier molecular flexibility index (Phi) is 6.31. The molecule has 0 atom stereocenters. The average Bonchev–Trinajstić information content (AvgIpc) is 2.55. The van der Waals surface area contributed by atoms with E-state index in [1.54, 1.807) is 13.2 Å². The van der Waals surface area contributed by atoms with Gasteiger partial charge in [-0.2, -0.15) is 0 Å². The summed E-state index contributed by atoms with van der Waals surface area (Å²) in [6, 6.07) is 14.9. The second-order valence-corrected chi connectivity index (χ2v) is 5.88. The topological polar surface area (TPSA) is 50.4 Å². The first-order chi connectivity index (χ1) is 11.1. The van der Waals surface area contributed by atoms with Crippen molar-refractivity contribution < 1.29 is 9.53 Å². The maximum Gasteiger partial charge on any atom is 0.250 e. The molecule has 4 nitrogen and oxygen atoms in total. The van der Waals surface area contributed by atoms with E-state index < -0.39 is 0 Å². The van der Waals surface area contributed by atoms with Gasteiger partial charge in [-0.25, -0.2) is 0 Å². The number of hydrogen-bond donors (Lipinski definition) is 2. The van der Waals surface area contributed by atoms with Gasteiger partial charge in [0.2, 0.25) is 5.91 Å². The number of ether oxygens (including phenoxy) is 1. The van der Waals surface area contributed by atoms with Gasteiger partial charge in [0.25, 0.3) is 0 Å². The number of methoxy groups -OCH3 is 1. The lowest BCUT2D eigenvalue weighted by molar-refractivity contribution is -0.115. The van der Waals surface area contributed by atoms with E-state index in [2.05, 4.69) is 26.6 Å². The Morgan fingerprint density at radius 1 is 1.13 bits per heavy atom. The van der Waals surface area contributed by atoms with E-state index in [1.807, 2.05) is 48.5 Å². The summed E-state index contributed by atoms with van der Waals surface area (Å²) in [6.45, 7) is 0. The summed E-state index contributed by atoms with van der Waals surface area (Å²) in [6.07, 6.45) is 3.13. The molecule has 6 heteroatoms. The average molecular weight is 391 g/mol. The molecule has 2 N–H and O–H groups in total. The van der Waals surface area contributed by atoms with Gasteiger partial charge in [0.15, 0.2) is 5.11 Å². The largest absolute Gasteiger partial charge is 0.497 e. The molecule has 0 spiro atoms. The minimum absolute atomic E-state index is 0.247. The fourth-order valence-corrected chi connectivity index (χ4v) is 2.22. The van der Waals surface area contributed by atoms with Gasteiger partial charge >= 0.3 is 0 Å². The zero-order valence-electron chi connectivity index (χ0n) is 12.4. The molecule has 0 bridgehead atoms. The highest BCUT2D eigenvalue weighted by molar-refractivity contribution is 9.10. The van der Waals surface area contributed by atoms with Crippen LogP contribution in [0.2, 0.25) is 0 Å². The van der Waals surface area contributed by atoms with Crippen LogP contribution >= 0.6 is 28.1 Å². The maximum absolute atomic E-state index is 11.8. The summed E-state index contributed by atoms with van der Waals surface area (Å²) in [7, 11) is 1.61. The van der Waals surface area contributed by atoms with E-state index in [4.69, 9.17) is 17.0 Å². The Morgan fingerprint density at radius 3 is 2.39 bits per heavy atom. The predicted molar refractivity (Wildman–Crippen MR) is 101 cm³/mol. The Hall–Kier alpha value is -2.18. The second-order valence-electron chi connectivity index (χ2n) is 4.56. The van der Waals surface area contributed by atoms with Gasteiger partial charge in [0, 0.05) is 16.2 Å². The maximum atomic E-state index is 11.8. The molecule has 2 aromatic carbocycles. The lowest BCUT2D eigenvalue weighted by atomic mass is 10.2. The lowest BCUT2D eigenvalue weighted by Crippen LogP contribution is -2.32. The molecule has 0 aliphatic carbocycles. The Morgan fingerprint density at radius 2 is 1.78 bits per heavy atom. The number of benzene rings is 2. The van der Waals surface area contributed by atoms with Gasteiger partial charge in [0.05, 0.1) is 7.11 Å². The molecule has 23 heavy (non-hydrogen) atoms. The van der Waals surface area contributed by atoms with E-state index in [0.717, 1.165) is 21.5 Å². The van der Waals surface area contributed by atoms with Crippen molar-refractivity contribution in [3.05, 3.63) is 64.6 Å². The number of halogens is 1. The third-order valence-corrected chi connectivity index (χ3v) is 3.61. The molecule has 2 rings (SSSR count). The van der Waals surface area contributed by atoms with E-state index in [1.165, 1.54) is 6.08 Å². The van der Waals surface area contributed by atoms with E-state index in [9.17, 15) is 4.79 Å². The number of carbonyl (C=O) groups is 1. The monoisotopic (exact) mass is 390 g/mol. The summed E-state index contributed by atoms with van der Waals surface area (Å²) < 4.78 is 6.05. The van der Waals surface area contributed by atoms with Crippen LogP contribution in [0.15, 0.2) is 59.1 Å². The number of rotatable bonds is 4. The van der Waals surface area contributed by atoms with E-state index in [0.29, 0.717) is 0 Å². The van der Waals surface area contributed by atoms with Gasteiger partial charge in [-0.05, 0) is 60.3 Å². The third-order valence-electron chi connectivity index (χ3n) is 2.88. The molecule has 0 unspecified atom stereocenters. The summed E-state index contributed by atoms with van der Waals surface area (Å²) >= 11 is 8.46. The number of hydrogen-bond acceptors (Lipinski definition) is 3. The van der Waals surface area contributed by atoms with Crippen molar-refractivity contribution in [2.75, 3.05) is 12.4 Å². The molecule has 0 saturated heterocycles. The van der Waals surface area contributed by atoms with Crippen molar-refractivity contribution in [2.24, 2.45) is 0 Å². The SMILES string of the molecule is COc1ccc(/C=C/C(=O)NC(=S)Nc2ccc(Br)cc2)cc1. The Labute approximate surface area is 148 Å². The molecule has 118 valence electrons. The van der Waals surface area contributed by atoms with Gasteiger partial charge in [-0.15, -0.1) is 0 Å². The number of carbonyl (C=O) groups excluding carboxylic acids is 1. The Bertz CT molecular complexity index is 712. The van der Waals surface area contributed by atoms with Gasteiger partial charge in [0.1, 0.15) is 5.75 Å². The molecule has 0 heterocycles. The van der Waals surface area contributed by atoms with Crippen LogP contribution in [0.5, 0.6) is 5.75 Å². The van der Waals surface area contributed by atoms with E-state index >= 15 is 0 Å². The van der Waals surface area contributed by atoms with Crippen LogP contribution in [-0.4, -0.2) is 18.1 Å². The predicted octanol–water partition coefficient (Wildman–Crippen LogP) is 3.98. The highest BCUT2D eigenvalue weighted by Gasteiger charge is 2.01. The molecule has 0 aliphatic heterocycles. The number of anilines is 1. The normalized spacial score (nSPS) is 10.3. The summed E-state index contributed by atoms with van der Waals surface area (Å²) in [5.74, 6) is 0.474. The van der Waals surface area contributed by atoms with Crippen LogP contribution < -0.4 is 15.4 Å². The Balaban J connectivity index is 1.86. The van der Waals surface area contributed by atoms with Crippen molar-refractivity contribution in [3.63, 3.8) is 0 Å². The number of amides is 1. The summed E-state index contributed by atoms with van der Waals surface area (Å²) in [5.41, 5.74) is 1.70. The van der Waals surface area contributed by atoms with Gasteiger partial charge < -0.3 is 10.1 Å². The highest BCUT2D eigenvalue weighted by atomic mass is 79.9. The fraction of sp³-hybridized carbons (Fsp3) is 0.0588. The minimum Gasteiger partial charge on any atom is -0.497 e. The minimum atomic E-state index is -0.296. The van der Waals surface area contributed by atoms with Crippen LogP contribution in [0, 0.1) is 0 Å². The molecule has 0 saturated carbocycles. The molecule has 0 aliphatic rings. The summed E-state index contributed by atoms with van der Waals surface area (Å²) in [4.78, 5) is 11.8.